The molecule has 23 heavy (non-hydrogen) atoms. The summed E-state index contributed by atoms with van der Waals surface area (Å²) >= 11 is 0. The average Bonchev–Trinajstić information content (AvgIpc) is 2.46. The van der Waals surface area contributed by atoms with Crippen molar-refractivity contribution in [3.05, 3.63) is 34.9 Å². The van der Waals surface area contributed by atoms with Crippen LogP contribution in [0.4, 0.5) is 4.79 Å². The van der Waals surface area contributed by atoms with Gasteiger partial charge in [0.1, 0.15) is 5.60 Å². The second-order valence-electron chi connectivity index (χ2n) is 7.15. The zero-order valence-corrected chi connectivity index (χ0v) is 14.3. The molecule has 1 N–H and O–H groups in total. The van der Waals surface area contributed by atoms with Crippen molar-refractivity contribution in [3.8, 4) is 0 Å². The second-order valence-corrected chi connectivity index (χ2v) is 7.15. The molecule has 0 radical (unpaired) electrons. The summed E-state index contributed by atoms with van der Waals surface area (Å²) in [5.41, 5.74) is 1.55. The number of piperidine rings is 1. The monoisotopic (exact) mass is 319 g/mol. The molecule has 1 aromatic carbocycles. The summed E-state index contributed by atoms with van der Waals surface area (Å²) in [5.74, 6) is -0.765. The van der Waals surface area contributed by atoms with Crippen LogP contribution in [0.15, 0.2) is 18.2 Å². The minimum Gasteiger partial charge on any atom is -0.478 e. The van der Waals surface area contributed by atoms with E-state index in [1.54, 1.807) is 17.9 Å². The summed E-state index contributed by atoms with van der Waals surface area (Å²) in [6, 6.07) is 5.54. The Balaban J connectivity index is 2.14. The molecule has 0 aliphatic carbocycles. The van der Waals surface area contributed by atoms with Gasteiger partial charge in [0.05, 0.1) is 5.56 Å². The van der Waals surface area contributed by atoms with Gasteiger partial charge in [-0.05, 0) is 57.7 Å². The van der Waals surface area contributed by atoms with Crippen molar-refractivity contribution in [1.29, 1.82) is 0 Å². The van der Waals surface area contributed by atoms with E-state index in [-0.39, 0.29) is 12.0 Å². The molecular weight excluding hydrogens is 294 g/mol. The van der Waals surface area contributed by atoms with Crippen molar-refractivity contribution in [3.63, 3.8) is 0 Å². The number of carbonyl (C=O) groups excluding carboxylic acids is 1. The van der Waals surface area contributed by atoms with E-state index in [9.17, 15) is 14.7 Å². The van der Waals surface area contributed by atoms with Crippen LogP contribution in [0, 0.1) is 6.92 Å². The molecule has 0 aromatic heterocycles. The first-order chi connectivity index (χ1) is 10.7. The number of hydrogen-bond donors (Lipinski definition) is 1. The first-order valence-corrected chi connectivity index (χ1v) is 7.99. The number of carboxylic acid groups (broad SMARTS) is 1. The lowest BCUT2D eigenvalue weighted by atomic mass is 9.89. The summed E-state index contributed by atoms with van der Waals surface area (Å²) in [6.07, 6.45) is 1.54. The zero-order valence-electron chi connectivity index (χ0n) is 14.3. The number of nitrogens with zero attached hydrogens (tertiary/aromatic N) is 1. The predicted octanol–water partition coefficient (Wildman–Crippen LogP) is 3.81. The summed E-state index contributed by atoms with van der Waals surface area (Å²) in [7, 11) is 0. The van der Waals surface area contributed by atoms with Gasteiger partial charge in [-0.1, -0.05) is 12.1 Å². The molecule has 2 rings (SSSR count). The fourth-order valence-corrected chi connectivity index (χ4v) is 2.87. The lowest BCUT2D eigenvalue weighted by Crippen LogP contribution is -2.42. The molecule has 0 bridgehead atoms. The van der Waals surface area contributed by atoms with Gasteiger partial charge in [0.2, 0.25) is 0 Å². The number of benzene rings is 1. The number of carboxylic acids is 1. The van der Waals surface area contributed by atoms with Gasteiger partial charge in [-0.25, -0.2) is 9.59 Å². The van der Waals surface area contributed by atoms with E-state index in [4.69, 9.17) is 4.74 Å². The first-order valence-electron chi connectivity index (χ1n) is 7.99. The van der Waals surface area contributed by atoms with Crippen molar-refractivity contribution >= 4 is 12.1 Å². The third-order valence-corrected chi connectivity index (χ3v) is 4.04. The Morgan fingerprint density at radius 2 is 2.00 bits per heavy atom. The topological polar surface area (TPSA) is 66.8 Å². The molecule has 1 heterocycles. The number of likely N-dealkylation sites (tertiary alicyclic amines) is 1. The number of ether oxygens (including phenoxy) is 1. The Bertz CT molecular complexity index is 604. The van der Waals surface area contributed by atoms with Crippen LogP contribution in [-0.4, -0.2) is 40.8 Å². The molecule has 5 heteroatoms. The normalized spacial score (nSPS) is 18.6. The second kappa shape index (κ2) is 6.60. The van der Waals surface area contributed by atoms with E-state index in [1.165, 1.54) is 0 Å². The lowest BCUT2D eigenvalue weighted by Gasteiger charge is -2.34. The highest BCUT2D eigenvalue weighted by atomic mass is 16.6. The molecule has 1 saturated heterocycles. The highest BCUT2D eigenvalue weighted by molar-refractivity contribution is 5.89. The van der Waals surface area contributed by atoms with Gasteiger partial charge in [0, 0.05) is 19.0 Å². The summed E-state index contributed by atoms with van der Waals surface area (Å²) in [6.45, 7) is 8.60. The van der Waals surface area contributed by atoms with E-state index < -0.39 is 11.6 Å². The van der Waals surface area contributed by atoms with Gasteiger partial charge in [-0.2, -0.15) is 0 Å². The molecule has 1 aliphatic rings. The first kappa shape index (κ1) is 17.3. The van der Waals surface area contributed by atoms with Gasteiger partial charge < -0.3 is 14.7 Å². The van der Waals surface area contributed by atoms with E-state index in [2.05, 4.69) is 0 Å². The van der Waals surface area contributed by atoms with Crippen molar-refractivity contribution in [2.24, 2.45) is 0 Å². The number of hydrogen-bond acceptors (Lipinski definition) is 3. The van der Waals surface area contributed by atoms with Crippen molar-refractivity contribution < 1.29 is 19.4 Å². The molecule has 0 saturated carbocycles. The zero-order chi connectivity index (χ0) is 17.2. The van der Waals surface area contributed by atoms with E-state index in [0.717, 1.165) is 24.0 Å². The Kier molecular flexibility index (Phi) is 4.97. The van der Waals surface area contributed by atoms with Crippen LogP contribution in [0.3, 0.4) is 0 Å². The maximum Gasteiger partial charge on any atom is 0.410 e. The quantitative estimate of drug-likeness (QED) is 0.900. The molecule has 0 spiro atoms. The fraction of sp³-hybridized carbons (Fsp3) is 0.556. The highest BCUT2D eigenvalue weighted by Gasteiger charge is 2.28. The number of amides is 1. The number of aryl methyl sites for hydroxylation is 1. The minimum absolute atomic E-state index is 0.148. The maximum absolute atomic E-state index is 12.2. The van der Waals surface area contributed by atoms with Gasteiger partial charge >= 0.3 is 12.1 Å². The largest absolute Gasteiger partial charge is 0.478 e. The molecule has 1 atom stereocenters. The molecule has 1 fully saturated rings. The standard InChI is InChI=1S/C18H25NO4/c1-12-7-8-13(10-15(12)16(20)21)14-6-5-9-19(11-14)17(22)23-18(2,3)4/h7-8,10,14H,5-6,9,11H2,1-4H3,(H,20,21). The number of aromatic carboxylic acids is 1. The Labute approximate surface area is 137 Å². The average molecular weight is 319 g/mol. The Morgan fingerprint density at radius 1 is 1.30 bits per heavy atom. The van der Waals surface area contributed by atoms with Crippen molar-refractivity contribution in [2.75, 3.05) is 13.1 Å². The van der Waals surface area contributed by atoms with Crippen LogP contribution in [0.1, 0.15) is 61.0 Å². The van der Waals surface area contributed by atoms with Crippen LogP contribution < -0.4 is 0 Å². The van der Waals surface area contributed by atoms with Crippen molar-refractivity contribution in [1.82, 2.24) is 4.90 Å². The summed E-state index contributed by atoms with van der Waals surface area (Å²) in [4.78, 5) is 25.3. The number of rotatable bonds is 2. The van der Waals surface area contributed by atoms with Crippen LogP contribution >= 0.6 is 0 Å². The molecule has 1 aromatic rings. The summed E-state index contributed by atoms with van der Waals surface area (Å²) in [5, 5.41) is 9.27. The fourth-order valence-electron chi connectivity index (χ4n) is 2.87. The van der Waals surface area contributed by atoms with E-state index in [0.29, 0.717) is 18.7 Å². The van der Waals surface area contributed by atoms with Crippen LogP contribution in [0.5, 0.6) is 0 Å². The van der Waals surface area contributed by atoms with E-state index in [1.807, 2.05) is 32.9 Å². The molecule has 1 unspecified atom stereocenters. The van der Waals surface area contributed by atoms with Crippen molar-refractivity contribution in [2.45, 2.75) is 52.1 Å². The number of carbonyl (C=O) groups is 2. The molecule has 1 aliphatic heterocycles. The highest BCUT2D eigenvalue weighted by Crippen LogP contribution is 2.29. The predicted molar refractivity (Wildman–Crippen MR) is 87.9 cm³/mol. The van der Waals surface area contributed by atoms with Gasteiger partial charge in [0.25, 0.3) is 0 Å². The smallest absolute Gasteiger partial charge is 0.410 e. The van der Waals surface area contributed by atoms with Crippen LogP contribution in [0.25, 0.3) is 0 Å². The maximum atomic E-state index is 12.2. The summed E-state index contributed by atoms with van der Waals surface area (Å²) < 4.78 is 5.44. The van der Waals surface area contributed by atoms with Gasteiger partial charge in [0.15, 0.2) is 0 Å². The molecular formula is C18H25NO4. The van der Waals surface area contributed by atoms with Gasteiger partial charge in [-0.15, -0.1) is 0 Å². The molecule has 126 valence electrons. The minimum atomic E-state index is -0.913. The Morgan fingerprint density at radius 3 is 2.61 bits per heavy atom. The molecule has 5 nitrogen and oxygen atoms in total. The van der Waals surface area contributed by atoms with Gasteiger partial charge in [-0.3, -0.25) is 0 Å². The van der Waals surface area contributed by atoms with Crippen LogP contribution in [0.2, 0.25) is 0 Å². The molecule has 1 amide bonds. The third kappa shape index (κ3) is 4.47. The SMILES string of the molecule is Cc1ccc(C2CCCN(C(=O)OC(C)(C)C)C2)cc1C(=O)O. The lowest BCUT2D eigenvalue weighted by molar-refractivity contribution is 0.0198. The van der Waals surface area contributed by atoms with Crippen LogP contribution in [-0.2, 0) is 4.74 Å². The Hall–Kier alpha value is -2.04. The third-order valence-electron chi connectivity index (χ3n) is 4.04. The van der Waals surface area contributed by atoms with E-state index >= 15 is 0 Å².